The van der Waals surface area contributed by atoms with E-state index in [2.05, 4.69) is 36.1 Å². The highest BCUT2D eigenvalue weighted by Crippen LogP contribution is 2.16. The van der Waals surface area contributed by atoms with E-state index in [1.807, 2.05) is 24.3 Å². The van der Waals surface area contributed by atoms with Crippen LogP contribution < -0.4 is 5.73 Å². The number of tetrazole rings is 1. The van der Waals surface area contributed by atoms with Gasteiger partial charge in [-0.2, -0.15) is 0 Å². The van der Waals surface area contributed by atoms with Gasteiger partial charge in [0, 0.05) is 11.1 Å². The molecule has 4 N–H and O–H groups in total. The fourth-order valence-electron chi connectivity index (χ4n) is 2.14. The second-order valence-corrected chi connectivity index (χ2v) is 6.04. The predicted octanol–water partition coefficient (Wildman–Crippen LogP) is 1.06. The lowest BCUT2D eigenvalue weighted by Gasteiger charge is -2.12. The molecular weight excluding hydrogens is 400 g/mol. The van der Waals surface area contributed by atoms with Crippen LogP contribution in [-0.4, -0.2) is 44.2 Å². The van der Waals surface area contributed by atoms with Gasteiger partial charge in [-0.25, -0.2) is 4.68 Å². The van der Waals surface area contributed by atoms with Gasteiger partial charge in [0.1, 0.15) is 0 Å². The van der Waals surface area contributed by atoms with E-state index in [1.165, 1.54) is 0 Å². The lowest BCUT2D eigenvalue weighted by atomic mass is 10.1. The zero-order valence-electron chi connectivity index (χ0n) is 13.0. The number of benzene rings is 1. The maximum Gasteiger partial charge on any atom is 0.633 e. The molecule has 0 bridgehead atoms. The lowest BCUT2D eigenvalue weighted by molar-refractivity contribution is 0.181. The van der Waals surface area contributed by atoms with Crippen molar-refractivity contribution in [1.29, 1.82) is 0 Å². The van der Waals surface area contributed by atoms with E-state index >= 15 is 0 Å². The summed E-state index contributed by atoms with van der Waals surface area (Å²) in [6.07, 6.45) is 2.14. The largest absolute Gasteiger partial charge is 0.633 e. The number of rotatable bonds is 9. The van der Waals surface area contributed by atoms with E-state index in [0.29, 0.717) is 25.2 Å². The first-order valence-electron chi connectivity index (χ1n) is 7.30. The number of hydrogen-bond donors (Lipinski definition) is 3. The van der Waals surface area contributed by atoms with E-state index in [0.717, 1.165) is 16.5 Å². The lowest BCUT2D eigenvalue weighted by Crippen LogP contribution is -2.19. The summed E-state index contributed by atoms with van der Waals surface area (Å²) in [7, 11) is -1.72. The van der Waals surface area contributed by atoms with Gasteiger partial charge in [0.2, 0.25) is 0 Å². The van der Waals surface area contributed by atoms with Gasteiger partial charge in [0.05, 0.1) is 12.6 Å². The van der Waals surface area contributed by atoms with Crippen LogP contribution in [0.15, 0.2) is 28.7 Å². The van der Waals surface area contributed by atoms with Crippen molar-refractivity contribution in [2.24, 2.45) is 5.73 Å². The normalized spacial score (nSPS) is 11.8. The second kappa shape index (κ2) is 10.8. The molecule has 1 aromatic heterocycles. The van der Waals surface area contributed by atoms with Crippen molar-refractivity contribution in [3.05, 3.63) is 40.1 Å². The van der Waals surface area contributed by atoms with E-state index in [-0.39, 0.29) is 25.1 Å². The first kappa shape index (κ1) is 21.0. The van der Waals surface area contributed by atoms with Crippen molar-refractivity contribution < 1.29 is 14.7 Å². The highest BCUT2D eigenvalue weighted by atomic mass is 79.9. The Morgan fingerprint density at radius 1 is 1.25 bits per heavy atom. The topological polar surface area (TPSA) is 119 Å². The number of unbranched alkanes of at least 4 members (excludes halogenated alkanes) is 1. The van der Waals surface area contributed by atoms with Gasteiger partial charge in [-0.05, 0) is 47.4 Å². The Morgan fingerprint density at radius 2 is 1.96 bits per heavy atom. The molecular formula is C13H20BBrClN5O3. The third kappa shape index (κ3) is 6.84. The van der Waals surface area contributed by atoms with Crippen LogP contribution in [0.5, 0.6) is 0 Å². The van der Waals surface area contributed by atoms with Crippen LogP contribution in [0.3, 0.4) is 0 Å². The van der Waals surface area contributed by atoms with Gasteiger partial charge in [-0.1, -0.05) is 28.1 Å². The van der Waals surface area contributed by atoms with Crippen LogP contribution in [0.25, 0.3) is 0 Å². The Morgan fingerprint density at radius 3 is 2.62 bits per heavy atom. The molecule has 0 aliphatic carbocycles. The molecule has 24 heavy (non-hydrogen) atoms. The van der Waals surface area contributed by atoms with Gasteiger partial charge < -0.3 is 20.4 Å². The highest BCUT2D eigenvalue weighted by molar-refractivity contribution is 9.10. The number of aromatic nitrogens is 4. The minimum absolute atomic E-state index is 0. The smallest absolute Gasteiger partial charge is 0.402 e. The molecule has 0 fully saturated rings. The summed E-state index contributed by atoms with van der Waals surface area (Å²) in [5.41, 5.74) is 7.23. The first-order valence-corrected chi connectivity index (χ1v) is 8.09. The molecule has 0 radical (unpaired) electrons. The molecule has 1 heterocycles. The van der Waals surface area contributed by atoms with Crippen LogP contribution in [-0.2, 0) is 11.2 Å². The van der Waals surface area contributed by atoms with E-state index in [9.17, 15) is 0 Å². The molecule has 1 aromatic carbocycles. The standard InChI is InChI=1S/C13H19BBrN5O3.ClH/c15-11-6-4-10(5-7-11)9-20-13(17-18-19-20)12(16)3-1-2-8-23-14(21)22;/h4-7,12,21-22H,1-3,8-9,16H2;1H. The molecule has 2 aromatic rings. The van der Waals surface area contributed by atoms with Crippen LogP contribution >= 0.6 is 28.3 Å². The minimum atomic E-state index is -1.72. The fraction of sp³-hybridized carbons (Fsp3) is 0.462. The Labute approximate surface area is 155 Å². The number of nitrogens with two attached hydrogens (primary N) is 1. The summed E-state index contributed by atoms with van der Waals surface area (Å²) in [6.45, 7) is 0.831. The first-order chi connectivity index (χ1) is 11.1. The second-order valence-electron chi connectivity index (χ2n) is 5.12. The Kier molecular flexibility index (Phi) is 9.41. The van der Waals surface area contributed by atoms with Crippen molar-refractivity contribution in [3.8, 4) is 0 Å². The fourth-order valence-corrected chi connectivity index (χ4v) is 2.40. The third-order valence-electron chi connectivity index (χ3n) is 3.31. The summed E-state index contributed by atoms with van der Waals surface area (Å²) < 4.78 is 7.36. The molecule has 0 aliphatic heterocycles. The van der Waals surface area contributed by atoms with Crippen LogP contribution in [0.1, 0.15) is 36.7 Å². The van der Waals surface area contributed by atoms with Crippen LogP contribution in [0, 0.1) is 0 Å². The molecule has 0 aliphatic rings. The van der Waals surface area contributed by atoms with Gasteiger partial charge in [-0.3, -0.25) is 0 Å². The zero-order chi connectivity index (χ0) is 16.7. The highest BCUT2D eigenvalue weighted by Gasteiger charge is 2.15. The maximum atomic E-state index is 8.58. The predicted molar refractivity (Wildman–Crippen MR) is 95.2 cm³/mol. The van der Waals surface area contributed by atoms with Crippen molar-refractivity contribution in [3.63, 3.8) is 0 Å². The van der Waals surface area contributed by atoms with Gasteiger partial charge in [0.15, 0.2) is 5.82 Å². The van der Waals surface area contributed by atoms with Crippen molar-refractivity contribution in [2.45, 2.75) is 31.8 Å². The third-order valence-corrected chi connectivity index (χ3v) is 3.84. The molecule has 1 unspecified atom stereocenters. The van der Waals surface area contributed by atoms with Crippen molar-refractivity contribution in [1.82, 2.24) is 20.2 Å². The molecule has 2 rings (SSSR count). The molecule has 0 spiro atoms. The maximum absolute atomic E-state index is 8.58. The number of halogens is 2. The van der Waals surface area contributed by atoms with Crippen LogP contribution in [0.4, 0.5) is 0 Å². The Hall–Kier alpha value is -1.04. The molecule has 11 heteroatoms. The Bertz CT molecular complexity index is 602. The van der Waals surface area contributed by atoms with E-state index in [1.54, 1.807) is 4.68 Å². The van der Waals surface area contributed by atoms with E-state index in [4.69, 9.17) is 15.8 Å². The molecule has 0 amide bonds. The van der Waals surface area contributed by atoms with Crippen molar-refractivity contribution in [2.75, 3.05) is 6.61 Å². The molecule has 8 nitrogen and oxygen atoms in total. The summed E-state index contributed by atoms with van der Waals surface area (Å²) in [4.78, 5) is 0. The molecule has 0 saturated carbocycles. The summed E-state index contributed by atoms with van der Waals surface area (Å²) in [6, 6.07) is 7.65. The molecule has 0 saturated heterocycles. The zero-order valence-corrected chi connectivity index (χ0v) is 15.4. The number of nitrogens with zero attached hydrogens (tertiary/aromatic N) is 4. The number of hydrogen-bond acceptors (Lipinski definition) is 7. The Balaban J connectivity index is 0.00000288. The SMILES string of the molecule is Cl.NC(CCCCOB(O)O)c1nnnn1Cc1ccc(Br)cc1. The quantitative estimate of drug-likeness (QED) is 0.410. The average Bonchev–Trinajstić information content (AvgIpc) is 2.97. The minimum Gasteiger partial charge on any atom is -0.402 e. The van der Waals surface area contributed by atoms with Gasteiger partial charge >= 0.3 is 7.32 Å². The average molecular weight is 421 g/mol. The summed E-state index contributed by atoms with van der Waals surface area (Å²) in [5, 5.41) is 28.9. The van der Waals surface area contributed by atoms with Gasteiger partial charge in [-0.15, -0.1) is 17.5 Å². The van der Waals surface area contributed by atoms with Crippen LogP contribution in [0.2, 0.25) is 0 Å². The monoisotopic (exact) mass is 419 g/mol. The van der Waals surface area contributed by atoms with E-state index < -0.39 is 7.32 Å². The molecule has 1 atom stereocenters. The summed E-state index contributed by atoms with van der Waals surface area (Å²) >= 11 is 3.40. The van der Waals surface area contributed by atoms with Crippen molar-refractivity contribution >= 4 is 35.7 Å². The molecule has 132 valence electrons. The summed E-state index contributed by atoms with van der Waals surface area (Å²) in [5.74, 6) is 0.635. The van der Waals surface area contributed by atoms with Gasteiger partial charge in [0.25, 0.3) is 0 Å².